The number of hydrogen-bond acceptors (Lipinski definition) is 6. The third-order valence-corrected chi connectivity index (χ3v) is 7.06. The number of aromatic nitrogens is 2. The fraction of sp³-hybridized carbons (Fsp3) is 0.538. The van der Waals surface area contributed by atoms with Gasteiger partial charge in [0.1, 0.15) is 12.1 Å². The molecule has 3 amide bonds. The minimum atomic E-state index is -4.47. The van der Waals surface area contributed by atoms with E-state index in [0.717, 1.165) is 12.1 Å². The Morgan fingerprint density at radius 1 is 1.15 bits per heavy atom. The molecule has 0 spiro atoms. The number of benzene rings is 1. The van der Waals surface area contributed by atoms with Crippen LogP contribution in [0.5, 0.6) is 0 Å². The Kier molecular flexibility index (Phi) is 8.78. The summed E-state index contributed by atoms with van der Waals surface area (Å²) in [6.45, 7) is 3.90. The number of carbonyl (C=O) groups is 3. The normalized spacial score (nSPS) is 17.9. The first-order valence-electron chi connectivity index (χ1n) is 13.0. The summed E-state index contributed by atoms with van der Waals surface area (Å²) < 4.78 is 45.6. The molecule has 1 aromatic carbocycles. The van der Waals surface area contributed by atoms with Gasteiger partial charge >= 0.3 is 12.3 Å². The van der Waals surface area contributed by atoms with Crippen molar-refractivity contribution in [2.24, 2.45) is 0 Å². The summed E-state index contributed by atoms with van der Waals surface area (Å²) in [7, 11) is 0. The van der Waals surface area contributed by atoms with E-state index in [1.807, 2.05) is 0 Å². The molecule has 3 heterocycles. The molecule has 0 saturated carbocycles. The molecule has 10 nitrogen and oxygen atoms in total. The van der Waals surface area contributed by atoms with E-state index in [-0.39, 0.29) is 30.2 Å². The summed E-state index contributed by atoms with van der Waals surface area (Å²) in [6, 6.07) is 6.24. The fourth-order valence-electron chi connectivity index (χ4n) is 4.92. The monoisotopic (exact) mass is 550 g/mol. The van der Waals surface area contributed by atoms with Gasteiger partial charge in [-0.1, -0.05) is 12.1 Å². The second-order valence-electron chi connectivity index (χ2n) is 9.79. The zero-order valence-corrected chi connectivity index (χ0v) is 21.7. The first-order valence-corrected chi connectivity index (χ1v) is 13.0. The van der Waals surface area contributed by atoms with Crippen molar-refractivity contribution in [3.05, 3.63) is 42.1 Å². The van der Waals surface area contributed by atoms with E-state index in [1.54, 1.807) is 17.9 Å². The van der Waals surface area contributed by atoms with Gasteiger partial charge in [0.2, 0.25) is 11.8 Å². The quantitative estimate of drug-likeness (QED) is 0.488. The van der Waals surface area contributed by atoms with Crippen LogP contribution in [0.1, 0.15) is 38.2 Å². The zero-order valence-electron chi connectivity index (χ0n) is 21.7. The van der Waals surface area contributed by atoms with Gasteiger partial charge in [-0.3, -0.25) is 14.3 Å². The van der Waals surface area contributed by atoms with E-state index in [1.165, 1.54) is 23.0 Å². The minimum Gasteiger partial charge on any atom is -0.450 e. The lowest BCUT2D eigenvalue weighted by Crippen LogP contribution is -2.64. The second kappa shape index (κ2) is 12.1. The molecule has 0 atom stereocenters. The maximum Gasteiger partial charge on any atom is 0.416 e. The van der Waals surface area contributed by atoms with Gasteiger partial charge in [-0.2, -0.15) is 18.3 Å². The number of ether oxygens (including phenoxy) is 1. The summed E-state index contributed by atoms with van der Waals surface area (Å²) >= 11 is 0. The lowest BCUT2D eigenvalue weighted by Gasteiger charge is -2.39. The fourth-order valence-corrected chi connectivity index (χ4v) is 4.92. The number of piperidine rings is 2. The van der Waals surface area contributed by atoms with Crippen LogP contribution in [0.15, 0.2) is 36.5 Å². The predicted molar refractivity (Wildman–Crippen MR) is 135 cm³/mol. The molecule has 1 aromatic heterocycles. The highest BCUT2D eigenvalue weighted by Crippen LogP contribution is 2.31. The summed E-state index contributed by atoms with van der Waals surface area (Å²) in [4.78, 5) is 40.0. The lowest BCUT2D eigenvalue weighted by molar-refractivity contribution is -0.137. The number of rotatable bonds is 7. The number of amides is 3. The summed E-state index contributed by atoms with van der Waals surface area (Å²) in [5, 5.41) is 13.4. The van der Waals surface area contributed by atoms with Crippen LogP contribution in [0, 0.1) is 0 Å². The molecule has 2 saturated heterocycles. The van der Waals surface area contributed by atoms with Gasteiger partial charge < -0.3 is 25.6 Å². The molecule has 2 aliphatic heterocycles. The summed E-state index contributed by atoms with van der Waals surface area (Å²) in [5.41, 5.74) is -1.29. The van der Waals surface area contributed by atoms with Gasteiger partial charge in [0.05, 0.1) is 17.9 Å². The third-order valence-electron chi connectivity index (χ3n) is 7.06. The van der Waals surface area contributed by atoms with E-state index in [9.17, 15) is 27.6 Å². The molecule has 0 unspecified atom stereocenters. The zero-order chi connectivity index (χ0) is 28.0. The Labute approximate surface area is 224 Å². The molecular formula is C26H33F3N6O4. The van der Waals surface area contributed by atoms with Crippen molar-refractivity contribution >= 4 is 17.9 Å². The summed E-state index contributed by atoms with van der Waals surface area (Å²) in [6.07, 6.45) is -1.35. The van der Waals surface area contributed by atoms with Crippen LogP contribution in [0.2, 0.25) is 0 Å². The molecule has 0 aliphatic carbocycles. The molecule has 2 fully saturated rings. The van der Waals surface area contributed by atoms with E-state index < -0.39 is 23.2 Å². The average Bonchev–Trinajstić information content (AvgIpc) is 3.37. The van der Waals surface area contributed by atoms with E-state index in [0.29, 0.717) is 64.2 Å². The molecule has 0 radical (unpaired) electrons. The Balaban J connectivity index is 1.37. The van der Waals surface area contributed by atoms with Crippen molar-refractivity contribution in [2.45, 2.75) is 56.9 Å². The molecule has 2 aromatic rings. The number of halogens is 3. The van der Waals surface area contributed by atoms with Crippen molar-refractivity contribution < 1.29 is 32.3 Å². The van der Waals surface area contributed by atoms with Gasteiger partial charge in [-0.15, -0.1) is 0 Å². The van der Waals surface area contributed by atoms with Crippen LogP contribution in [0.4, 0.5) is 18.0 Å². The molecule has 212 valence electrons. The Hall–Kier alpha value is -3.61. The number of nitrogens with one attached hydrogen (secondary N) is 3. The Bertz CT molecular complexity index is 1170. The third kappa shape index (κ3) is 7.08. The summed E-state index contributed by atoms with van der Waals surface area (Å²) in [5.74, 6) is -0.695. The second-order valence-corrected chi connectivity index (χ2v) is 9.79. The highest BCUT2D eigenvalue weighted by atomic mass is 19.4. The Morgan fingerprint density at radius 2 is 1.87 bits per heavy atom. The maximum absolute atomic E-state index is 13.4. The highest BCUT2D eigenvalue weighted by molar-refractivity contribution is 5.91. The van der Waals surface area contributed by atoms with Gasteiger partial charge in [-0.05, 0) is 63.9 Å². The van der Waals surface area contributed by atoms with Gasteiger partial charge in [0.25, 0.3) is 0 Å². The maximum atomic E-state index is 13.4. The van der Waals surface area contributed by atoms with Crippen LogP contribution in [0.3, 0.4) is 0 Å². The van der Waals surface area contributed by atoms with Crippen molar-refractivity contribution in [1.82, 2.24) is 30.6 Å². The molecular weight excluding hydrogens is 517 g/mol. The minimum absolute atomic E-state index is 0.132. The smallest absolute Gasteiger partial charge is 0.416 e. The van der Waals surface area contributed by atoms with Crippen LogP contribution < -0.4 is 16.0 Å². The van der Waals surface area contributed by atoms with Crippen molar-refractivity contribution in [3.8, 4) is 11.3 Å². The predicted octanol–water partition coefficient (Wildman–Crippen LogP) is 2.54. The van der Waals surface area contributed by atoms with E-state index in [2.05, 4.69) is 21.0 Å². The number of hydrogen-bond donors (Lipinski definition) is 3. The van der Waals surface area contributed by atoms with Gasteiger partial charge in [0, 0.05) is 30.9 Å². The molecule has 13 heteroatoms. The SMILES string of the molecule is CCOC(=O)N1CCC(NC(=O)C2(NC(=O)Cn3ccc(-c4cccc(C(F)(F)F)c4)n3)CCNCC2)CC1. The number of alkyl halides is 3. The van der Waals surface area contributed by atoms with Crippen molar-refractivity contribution in [1.29, 1.82) is 0 Å². The topological polar surface area (TPSA) is 118 Å². The number of likely N-dealkylation sites (tertiary alicyclic amines) is 1. The molecule has 39 heavy (non-hydrogen) atoms. The van der Waals surface area contributed by atoms with Gasteiger partial charge in [-0.25, -0.2) is 4.79 Å². The highest BCUT2D eigenvalue weighted by Gasteiger charge is 2.42. The van der Waals surface area contributed by atoms with Crippen molar-refractivity contribution in [2.75, 3.05) is 32.8 Å². The first-order chi connectivity index (χ1) is 18.6. The lowest BCUT2D eigenvalue weighted by atomic mass is 9.86. The van der Waals surface area contributed by atoms with Crippen LogP contribution in [-0.4, -0.2) is 77.0 Å². The average molecular weight is 551 g/mol. The van der Waals surface area contributed by atoms with Crippen LogP contribution >= 0.6 is 0 Å². The molecule has 3 N–H and O–H groups in total. The Morgan fingerprint density at radius 3 is 2.54 bits per heavy atom. The molecule has 4 rings (SSSR count). The van der Waals surface area contributed by atoms with Crippen LogP contribution in [0.25, 0.3) is 11.3 Å². The van der Waals surface area contributed by atoms with Gasteiger partial charge in [0.15, 0.2) is 0 Å². The first kappa shape index (κ1) is 28.4. The number of carbonyl (C=O) groups excluding carboxylic acids is 3. The molecule has 0 bridgehead atoms. The largest absolute Gasteiger partial charge is 0.450 e. The van der Waals surface area contributed by atoms with E-state index >= 15 is 0 Å². The van der Waals surface area contributed by atoms with E-state index in [4.69, 9.17) is 4.74 Å². The van der Waals surface area contributed by atoms with Crippen molar-refractivity contribution in [3.63, 3.8) is 0 Å². The molecule has 2 aliphatic rings. The number of nitrogens with zero attached hydrogens (tertiary/aromatic N) is 3. The standard InChI is InChI=1S/C26H33F3N6O4/c1-2-39-24(38)34-13-6-20(7-14-34)31-23(37)25(9-11-30-12-10-25)32-22(36)17-35-15-8-21(33-35)18-4-3-5-19(16-18)26(27,28)29/h3-5,8,15-16,20,30H,2,6-7,9-14,17H2,1H3,(H,31,37)(H,32,36). The van der Waals surface area contributed by atoms with Crippen LogP contribution in [-0.2, 0) is 27.0 Å².